The molecule has 0 bridgehead atoms. The van der Waals surface area contributed by atoms with Gasteiger partial charge in [0.2, 0.25) is 0 Å². The predicted octanol–water partition coefficient (Wildman–Crippen LogP) is 0.211. The molecule has 2 saturated heterocycles. The Balaban J connectivity index is 1.54. The number of pyridine rings is 1. The van der Waals surface area contributed by atoms with E-state index in [1.165, 1.54) is 0 Å². The quantitative estimate of drug-likeness (QED) is 0.833. The van der Waals surface area contributed by atoms with Crippen LogP contribution in [0.4, 0.5) is 11.6 Å². The Labute approximate surface area is 130 Å². The van der Waals surface area contributed by atoms with E-state index in [1.807, 2.05) is 6.07 Å². The first-order valence-corrected chi connectivity index (χ1v) is 7.84. The van der Waals surface area contributed by atoms with E-state index in [0.29, 0.717) is 12.4 Å². The fraction of sp³-hybridized carbons (Fsp3) is 0.667. The second-order valence-electron chi connectivity index (χ2n) is 5.49. The average Bonchev–Trinajstić information content (AvgIpc) is 2.56. The maximum atomic E-state index is 5.90. The summed E-state index contributed by atoms with van der Waals surface area (Å²) in [6.07, 6.45) is 0. The van der Waals surface area contributed by atoms with E-state index in [9.17, 15) is 0 Å². The van der Waals surface area contributed by atoms with Crippen molar-refractivity contribution in [2.24, 2.45) is 0 Å². The molecule has 22 heavy (non-hydrogen) atoms. The molecule has 2 aliphatic heterocycles. The normalized spacial score (nSPS) is 20.1. The van der Waals surface area contributed by atoms with Gasteiger partial charge in [-0.3, -0.25) is 4.90 Å². The SMILES string of the molecule is Nc1cc(OCCN2CCOCC2)cc(N2CCOCC2)n1. The Kier molecular flexibility index (Phi) is 5.31. The van der Waals surface area contributed by atoms with Gasteiger partial charge in [0.15, 0.2) is 0 Å². The number of hydrogen-bond acceptors (Lipinski definition) is 7. The number of aromatic nitrogens is 1. The maximum absolute atomic E-state index is 5.90. The summed E-state index contributed by atoms with van der Waals surface area (Å²) in [5.41, 5.74) is 5.90. The van der Waals surface area contributed by atoms with Gasteiger partial charge in [-0.15, -0.1) is 0 Å². The first-order valence-electron chi connectivity index (χ1n) is 7.84. The zero-order chi connectivity index (χ0) is 15.2. The van der Waals surface area contributed by atoms with E-state index in [4.69, 9.17) is 19.9 Å². The Morgan fingerprint density at radius 2 is 1.73 bits per heavy atom. The third-order valence-electron chi connectivity index (χ3n) is 3.92. The van der Waals surface area contributed by atoms with Crippen LogP contribution in [0, 0.1) is 0 Å². The Bertz CT molecular complexity index is 474. The van der Waals surface area contributed by atoms with Crippen LogP contribution in [0.15, 0.2) is 12.1 Å². The van der Waals surface area contributed by atoms with Crippen molar-refractivity contribution in [2.75, 3.05) is 76.4 Å². The number of anilines is 2. The van der Waals surface area contributed by atoms with Crippen molar-refractivity contribution in [3.8, 4) is 5.75 Å². The predicted molar refractivity (Wildman–Crippen MR) is 84.4 cm³/mol. The van der Waals surface area contributed by atoms with Gasteiger partial charge in [-0.1, -0.05) is 0 Å². The summed E-state index contributed by atoms with van der Waals surface area (Å²) in [6, 6.07) is 3.74. The molecular formula is C15H24N4O3. The lowest BCUT2D eigenvalue weighted by molar-refractivity contribution is 0.0322. The minimum atomic E-state index is 0.491. The van der Waals surface area contributed by atoms with Crippen molar-refractivity contribution in [1.29, 1.82) is 0 Å². The van der Waals surface area contributed by atoms with E-state index in [1.54, 1.807) is 6.07 Å². The number of nitrogens with zero attached hydrogens (tertiary/aromatic N) is 3. The van der Waals surface area contributed by atoms with Gasteiger partial charge in [-0.2, -0.15) is 0 Å². The second kappa shape index (κ2) is 7.62. The van der Waals surface area contributed by atoms with Crippen LogP contribution in [0.2, 0.25) is 0 Å². The molecule has 0 aliphatic carbocycles. The van der Waals surface area contributed by atoms with Crippen LogP contribution in [-0.2, 0) is 9.47 Å². The van der Waals surface area contributed by atoms with Gasteiger partial charge in [0.25, 0.3) is 0 Å². The monoisotopic (exact) mass is 308 g/mol. The third kappa shape index (κ3) is 4.22. The molecular weight excluding hydrogens is 284 g/mol. The Morgan fingerprint density at radius 1 is 1.05 bits per heavy atom. The number of hydrogen-bond donors (Lipinski definition) is 1. The molecule has 2 aliphatic rings. The van der Waals surface area contributed by atoms with Crippen molar-refractivity contribution < 1.29 is 14.2 Å². The molecule has 0 atom stereocenters. The topological polar surface area (TPSA) is 73.1 Å². The summed E-state index contributed by atoms with van der Waals surface area (Å²) < 4.78 is 16.6. The first kappa shape index (κ1) is 15.3. The van der Waals surface area contributed by atoms with E-state index < -0.39 is 0 Å². The standard InChI is InChI=1S/C15H24N4O3/c16-14-11-13(22-10-3-18-1-6-20-7-2-18)12-15(17-14)19-4-8-21-9-5-19/h11-12H,1-10H2,(H2,16,17). The lowest BCUT2D eigenvalue weighted by Crippen LogP contribution is -2.38. The summed E-state index contributed by atoms with van der Waals surface area (Å²) in [6.45, 7) is 8.24. The highest BCUT2D eigenvalue weighted by Crippen LogP contribution is 2.22. The molecule has 122 valence electrons. The largest absolute Gasteiger partial charge is 0.492 e. The van der Waals surface area contributed by atoms with Crippen molar-refractivity contribution in [2.45, 2.75) is 0 Å². The summed E-state index contributed by atoms with van der Waals surface area (Å²) in [5, 5.41) is 0. The van der Waals surface area contributed by atoms with E-state index in [0.717, 1.165) is 70.7 Å². The van der Waals surface area contributed by atoms with Gasteiger partial charge in [0.1, 0.15) is 24.0 Å². The van der Waals surface area contributed by atoms with E-state index in [-0.39, 0.29) is 0 Å². The zero-order valence-electron chi connectivity index (χ0n) is 12.9. The molecule has 2 N–H and O–H groups in total. The highest BCUT2D eigenvalue weighted by molar-refractivity contribution is 5.51. The zero-order valence-corrected chi connectivity index (χ0v) is 12.9. The van der Waals surface area contributed by atoms with Gasteiger partial charge in [-0.05, 0) is 0 Å². The highest BCUT2D eigenvalue weighted by Gasteiger charge is 2.14. The van der Waals surface area contributed by atoms with Crippen LogP contribution in [-0.4, -0.2) is 75.6 Å². The Hall–Kier alpha value is -1.57. The van der Waals surface area contributed by atoms with Gasteiger partial charge in [-0.25, -0.2) is 4.98 Å². The molecule has 1 aromatic rings. The van der Waals surface area contributed by atoms with Crippen molar-refractivity contribution in [3.05, 3.63) is 12.1 Å². The van der Waals surface area contributed by atoms with Gasteiger partial charge >= 0.3 is 0 Å². The molecule has 0 aromatic carbocycles. The molecule has 0 radical (unpaired) electrons. The number of nitrogen functional groups attached to an aromatic ring is 1. The van der Waals surface area contributed by atoms with E-state index >= 15 is 0 Å². The minimum absolute atomic E-state index is 0.491. The summed E-state index contributed by atoms with van der Waals surface area (Å²) in [7, 11) is 0. The number of rotatable bonds is 5. The summed E-state index contributed by atoms with van der Waals surface area (Å²) >= 11 is 0. The first-order chi connectivity index (χ1) is 10.8. The van der Waals surface area contributed by atoms with Crippen LogP contribution in [0.1, 0.15) is 0 Å². The summed E-state index contributed by atoms with van der Waals surface area (Å²) in [5.74, 6) is 2.14. The van der Waals surface area contributed by atoms with Crippen LogP contribution < -0.4 is 15.4 Å². The Morgan fingerprint density at radius 3 is 2.45 bits per heavy atom. The molecule has 7 heteroatoms. The van der Waals surface area contributed by atoms with Crippen molar-refractivity contribution in [3.63, 3.8) is 0 Å². The van der Waals surface area contributed by atoms with Crippen LogP contribution in [0.25, 0.3) is 0 Å². The minimum Gasteiger partial charge on any atom is -0.492 e. The molecule has 3 rings (SSSR count). The van der Waals surface area contributed by atoms with Crippen LogP contribution in [0.3, 0.4) is 0 Å². The van der Waals surface area contributed by atoms with Crippen molar-refractivity contribution in [1.82, 2.24) is 9.88 Å². The van der Waals surface area contributed by atoms with Crippen LogP contribution in [0.5, 0.6) is 5.75 Å². The lowest BCUT2D eigenvalue weighted by Gasteiger charge is -2.28. The molecule has 0 saturated carbocycles. The lowest BCUT2D eigenvalue weighted by atomic mass is 10.3. The van der Waals surface area contributed by atoms with Gasteiger partial charge in [0.05, 0.1) is 26.4 Å². The van der Waals surface area contributed by atoms with Crippen LogP contribution >= 0.6 is 0 Å². The molecule has 2 fully saturated rings. The molecule has 7 nitrogen and oxygen atoms in total. The second-order valence-corrected chi connectivity index (χ2v) is 5.49. The fourth-order valence-corrected chi connectivity index (χ4v) is 2.67. The molecule has 0 unspecified atom stereocenters. The average molecular weight is 308 g/mol. The molecule has 0 spiro atoms. The molecule has 3 heterocycles. The maximum Gasteiger partial charge on any atom is 0.134 e. The van der Waals surface area contributed by atoms with Gasteiger partial charge in [0, 0.05) is 44.9 Å². The van der Waals surface area contributed by atoms with E-state index in [2.05, 4.69) is 14.8 Å². The van der Waals surface area contributed by atoms with Crippen molar-refractivity contribution >= 4 is 11.6 Å². The highest BCUT2D eigenvalue weighted by atomic mass is 16.5. The third-order valence-corrected chi connectivity index (χ3v) is 3.92. The smallest absolute Gasteiger partial charge is 0.134 e. The number of morpholine rings is 2. The summed E-state index contributed by atoms with van der Waals surface area (Å²) in [4.78, 5) is 8.92. The number of ether oxygens (including phenoxy) is 3. The molecule has 0 amide bonds. The fourth-order valence-electron chi connectivity index (χ4n) is 2.67. The molecule has 1 aromatic heterocycles. The van der Waals surface area contributed by atoms with Gasteiger partial charge < -0.3 is 24.8 Å². The number of nitrogens with two attached hydrogens (primary N) is 1.